The van der Waals surface area contributed by atoms with Gasteiger partial charge in [-0.3, -0.25) is 4.79 Å². The number of thiophene rings is 1. The number of carbonyl (C=O) groups excluding carboxylic acids is 1. The minimum Gasteiger partial charge on any atom is -0.337 e. The standard InChI is InChI=1S/C20H23ClN2OS/c1-12(2)10-23(11-13(3)4)20(24)17-9-15-18(25-17)14-7-5-6-8-16(14)22-19(15)21/h5-9,12-13H,10-11H2,1-4H3. The molecule has 25 heavy (non-hydrogen) atoms. The van der Waals surface area contributed by atoms with Crippen LogP contribution in [0.25, 0.3) is 21.0 Å². The molecule has 3 aromatic rings. The lowest BCUT2D eigenvalue weighted by Gasteiger charge is -2.25. The van der Waals surface area contributed by atoms with Crippen LogP contribution in [0.15, 0.2) is 30.3 Å². The van der Waals surface area contributed by atoms with E-state index in [-0.39, 0.29) is 5.91 Å². The summed E-state index contributed by atoms with van der Waals surface area (Å²) in [6.07, 6.45) is 0. The number of aromatic nitrogens is 1. The molecule has 3 rings (SSSR count). The number of para-hydroxylation sites is 1. The van der Waals surface area contributed by atoms with Gasteiger partial charge >= 0.3 is 0 Å². The predicted octanol–water partition coefficient (Wildman–Crippen LogP) is 5.86. The lowest BCUT2D eigenvalue weighted by atomic mass is 10.1. The molecule has 0 spiro atoms. The van der Waals surface area contributed by atoms with Crippen LogP contribution < -0.4 is 0 Å². The van der Waals surface area contributed by atoms with Gasteiger partial charge in [0.2, 0.25) is 0 Å². The van der Waals surface area contributed by atoms with Crippen LogP contribution in [0, 0.1) is 11.8 Å². The first-order chi connectivity index (χ1) is 11.9. The Bertz CT molecular complexity index is 907. The summed E-state index contributed by atoms with van der Waals surface area (Å²) in [6.45, 7) is 10.1. The molecule has 0 saturated heterocycles. The minimum absolute atomic E-state index is 0.0868. The van der Waals surface area contributed by atoms with Gasteiger partial charge in [-0.2, -0.15) is 0 Å². The van der Waals surface area contributed by atoms with E-state index in [4.69, 9.17) is 11.6 Å². The number of hydrogen-bond acceptors (Lipinski definition) is 3. The van der Waals surface area contributed by atoms with Gasteiger partial charge in [0.25, 0.3) is 5.91 Å². The monoisotopic (exact) mass is 374 g/mol. The summed E-state index contributed by atoms with van der Waals surface area (Å²) in [6, 6.07) is 9.82. The molecule has 0 N–H and O–H groups in total. The van der Waals surface area contributed by atoms with Crippen LogP contribution in [-0.4, -0.2) is 28.9 Å². The number of benzene rings is 1. The molecule has 0 saturated carbocycles. The van der Waals surface area contributed by atoms with Crippen molar-refractivity contribution in [1.82, 2.24) is 9.88 Å². The molecule has 0 atom stereocenters. The van der Waals surface area contributed by atoms with Gasteiger partial charge in [0.05, 0.1) is 10.4 Å². The number of pyridine rings is 1. The topological polar surface area (TPSA) is 33.2 Å². The van der Waals surface area contributed by atoms with Crippen LogP contribution in [0.4, 0.5) is 0 Å². The first kappa shape index (κ1) is 18.2. The van der Waals surface area contributed by atoms with Crippen LogP contribution in [0.5, 0.6) is 0 Å². The first-order valence-corrected chi connectivity index (χ1v) is 9.83. The smallest absolute Gasteiger partial charge is 0.263 e. The Hall–Kier alpha value is -1.65. The second-order valence-electron chi connectivity index (χ2n) is 7.27. The van der Waals surface area contributed by atoms with Gasteiger partial charge in [-0.1, -0.05) is 57.5 Å². The zero-order valence-electron chi connectivity index (χ0n) is 15.0. The summed E-state index contributed by atoms with van der Waals surface area (Å²) >= 11 is 7.89. The third-order valence-corrected chi connectivity index (χ3v) is 5.44. The van der Waals surface area contributed by atoms with E-state index in [9.17, 15) is 4.79 Å². The van der Waals surface area contributed by atoms with E-state index in [2.05, 4.69) is 32.7 Å². The van der Waals surface area contributed by atoms with Crippen LogP contribution in [-0.2, 0) is 0 Å². The molecule has 1 amide bonds. The summed E-state index contributed by atoms with van der Waals surface area (Å²) in [5.41, 5.74) is 0.863. The summed E-state index contributed by atoms with van der Waals surface area (Å²) in [5.74, 6) is 0.954. The molecule has 5 heteroatoms. The van der Waals surface area contributed by atoms with Gasteiger partial charge < -0.3 is 4.90 Å². The zero-order valence-corrected chi connectivity index (χ0v) is 16.6. The number of amides is 1. The van der Waals surface area contributed by atoms with E-state index in [1.165, 1.54) is 11.3 Å². The Kier molecular flexibility index (Phi) is 5.30. The SMILES string of the molecule is CC(C)CN(CC(C)C)C(=O)c1cc2c(Cl)nc3ccccc3c2s1. The maximum Gasteiger partial charge on any atom is 0.263 e. The van der Waals surface area contributed by atoms with Crippen LogP contribution in [0.3, 0.4) is 0 Å². The van der Waals surface area contributed by atoms with Gasteiger partial charge in [0.15, 0.2) is 0 Å². The van der Waals surface area contributed by atoms with Gasteiger partial charge in [-0.25, -0.2) is 4.98 Å². The maximum atomic E-state index is 13.1. The van der Waals surface area contributed by atoms with Crippen molar-refractivity contribution in [2.75, 3.05) is 13.1 Å². The second-order valence-corrected chi connectivity index (χ2v) is 8.68. The molecule has 1 aromatic carbocycles. The number of hydrogen-bond donors (Lipinski definition) is 0. The summed E-state index contributed by atoms with van der Waals surface area (Å²) in [7, 11) is 0. The Morgan fingerprint density at radius 2 is 1.76 bits per heavy atom. The molecule has 0 aliphatic heterocycles. The highest BCUT2D eigenvalue weighted by Crippen LogP contribution is 2.36. The molecular formula is C20H23ClN2OS. The Balaban J connectivity index is 2.06. The van der Waals surface area contributed by atoms with E-state index in [0.29, 0.717) is 17.0 Å². The summed E-state index contributed by atoms with van der Waals surface area (Å²) in [5, 5.41) is 2.37. The molecule has 0 bridgehead atoms. The third kappa shape index (κ3) is 3.80. The van der Waals surface area contributed by atoms with Crippen LogP contribution >= 0.6 is 22.9 Å². The molecule has 0 aliphatic carbocycles. The van der Waals surface area contributed by atoms with E-state index < -0.39 is 0 Å². The van der Waals surface area contributed by atoms with Crippen molar-refractivity contribution in [2.45, 2.75) is 27.7 Å². The van der Waals surface area contributed by atoms with E-state index in [0.717, 1.165) is 39.0 Å². The molecule has 2 aromatic heterocycles. The predicted molar refractivity (Wildman–Crippen MR) is 108 cm³/mol. The number of carbonyl (C=O) groups is 1. The molecular weight excluding hydrogens is 352 g/mol. The minimum atomic E-state index is 0.0868. The average Bonchev–Trinajstić information content (AvgIpc) is 2.99. The molecule has 0 aliphatic rings. The Labute approximate surface area is 157 Å². The molecule has 0 fully saturated rings. The molecule has 2 heterocycles. The van der Waals surface area contributed by atoms with Gasteiger partial charge in [-0.15, -0.1) is 11.3 Å². The Morgan fingerprint density at radius 3 is 2.40 bits per heavy atom. The summed E-state index contributed by atoms with van der Waals surface area (Å²) in [4.78, 5) is 20.3. The molecule has 132 valence electrons. The highest BCUT2D eigenvalue weighted by atomic mass is 35.5. The van der Waals surface area contributed by atoms with E-state index in [1.807, 2.05) is 35.2 Å². The second kappa shape index (κ2) is 7.30. The Morgan fingerprint density at radius 1 is 1.12 bits per heavy atom. The van der Waals surface area contributed by atoms with Crippen molar-refractivity contribution in [3.63, 3.8) is 0 Å². The number of rotatable bonds is 5. The third-order valence-electron chi connectivity index (χ3n) is 3.99. The maximum absolute atomic E-state index is 13.1. The fraction of sp³-hybridized carbons (Fsp3) is 0.400. The van der Waals surface area contributed by atoms with Crippen molar-refractivity contribution in [3.05, 3.63) is 40.4 Å². The van der Waals surface area contributed by atoms with Gasteiger partial charge in [0.1, 0.15) is 5.15 Å². The van der Waals surface area contributed by atoms with Crippen molar-refractivity contribution < 1.29 is 4.79 Å². The summed E-state index contributed by atoms with van der Waals surface area (Å²) < 4.78 is 1.04. The fourth-order valence-electron chi connectivity index (χ4n) is 3.06. The lowest BCUT2D eigenvalue weighted by Crippen LogP contribution is -2.36. The molecule has 3 nitrogen and oxygen atoms in total. The van der Waals surface area contributed by atoms with Gasteiger partial charge in [-0.05, 0) is 24.0 Å². The fourth-order valence-corrected chi connectivity index (χ4v) is 4.51. The highest BCUT2D eigenvalue weighted by Gasteiger charge is 2.21. The molecule has 0 unspecified atom stereocenters. The van der Waals surface area contributed by atoms with Crippen molar-refractivity contribution in [1.29, 1.82) is 0 Å². The van der Waals surface area contributed by atoms with Crippen molar-refractivity contribution >= 4 is 49.8 Å². The highest BCUT2D eigenvalue weighted by molar-refractivity contribution is 7.21. The van der Waals surface area contributed by atoms with Crippen molar-refractivity contribution in [3.8, 4) is 0 Å². The van der Waals surface area contributed by atoms with Gasteiger partial charge in [0, 0.05) is 28.6 Å². The number of fused-ring (bicyclic) bond motifs is 3. The quantitative estimate of drug-likeness (QED) is 0.524. The van der Waals surface area contributed by atoms with E-state index in [1.54, 1.807) is 0 Å². The lowest BCUT2D eigenvalue weighted by molar-refractivity contribution is 0.0720. The van der Waals surface area contributed by atoms with E-state index >= 15 is 0 Å². The molecule has 0 radical (unpaired) electrons. The zero-order chi connectivity index (χ0) is 18.1. The van der Waals surface area contributed by atoms with Crippen LogP contribution in [0.1, 0.15) is 37.4 Å². The normalized spacial score (nSPS) is 11.8. The van der Waals surface area contributed by atoms with Crippen LogP contribution in [0.2, 0.25) is 5.15 Å². The van der Waals surface area contributed by atoms with Crippen molar-refractivity contribution in [2.24, 2.45) is 11.8 Å². The largest absolute Gasteiger partial charge is 0.337 e. The number of nitrogens with zero attached hydrogens (tertiary/aromatic N) is 2. The number of halogens is 1. The average molecular weight is 375 g/mol. The first-order valence-electron chi connectivity index (χ1n) is 8.64.